The van der Waals surface area contributed by atoms with Crippen LogP contribution in [0.3, 0.4) is 0 Å². The predicted octanol–water partition coefficient (Wildman–Crippen LogP) is 3.83. The van der Waals surface area contributed by atoms with Gasteiger partial charge in [-0.25, -0.2) is 4.98 Å². The van der Waals surface area contributed by atoms with Gasteiger partial charge in [-0.3, -0.25) is 4.79 Å². The lowest BCUT2D eigenvalue weighted by molar-refractivity contribution is 0.102. The number of rotatable bonds is 2. The van der Waals surface area contributed by atoms with E-state index in [-0.39, 0.29) is 5.91 Å². The Morgan fingerprint density at radius 3 is 2.48 bits per heavy atom. The molecule has 0 aliphatic rings. The number of nitrogen functional groups attached to an aromatic ring is 1. The molecule has 0 saturated heterocycles. The van der Waals surface area contributed by atoms with Crippen molar-refractivity contribution in [2.45, 2.75) is 0 Å². The molecule has 0 unspecified atom stereocenters. The minimum Gasteiger partial charge on any atom is -0.383 e. The van der Waals surface area contributed by atoms with Gasteiger partial charge in [-0.2, -0.15) is 0 Å². The molecule has 1 heterocycles. The second kappa shape index (κ2) is 5.54. The van der Waals surface area contributed by atoms with Crippen molar-refractivity contribution in [3.05, 3.63) is 64.8 Å². The minimum atomic E-state index is -0.217. The summed E-state index contributed by atoms with van der Waals surface area (Å²) < 4.78 is 0.825. The van der Waals surface area contributed by atoms with Gasteiger partial charge in [-0.1, -0.05) is 36.4 Å². The van der Waals surface area contributed by atoms with Gasteiger partial charge in [0.1, 0.15) is 5.82 Å². The molecule has 0 fully saturated rings. The van der Waals surface area contributed by atoms with Crippen LogP contribution >= 0.6 is 15.9 Å². The third kappa shape index (κ3) is 2.60. The third-order valence-corrected chi connectivity index (χ3v) is 3.88. The number of nitrogens with one attached hydrogen (secondary N) is 1. The molecule has 0 radical (unpaired) electrons. The van der Waals surface area contributed by atoms with Crippen molar-refractivity contribution in [1.82, 2.24) is 4.98 Å². The van der Waals surface area contributed by atoms with Crippen molar-refractivity contribution in [3.63, 3.8) is 0 Å². The molecular weight excluding hydrogens is 330 g/mol. The van der Waals surface area contributed by atoms with E-state index >= 15 is 0 Å². The number of nitrogens with zero attached hydrogens (tertiary/aromatic N) is 1. The molecule has 1 aromatic heterocycles. The van der Waals surface area contributed by atoms with E-state index < -0.39 is 0 Å². The van der Waals surface area contributed by atoms with Gasteiger partial charge in [-0.05, 0) is 33.4 Å². The summed E-state index contributed by atoms with van der Waals surface area (Å²) in [6, 6.07) is 14.9. The Hall–Kier alpha value is -2.40. The van der Waals surface area contributed by atoms with E-state index in [1.807, 2.05) is 48.5 Å². The van der Waals surface area contributed by atoms with Crippen molar-refractivity contribution in [2.75, 3.05) is 11.1 Å². The smallest absolute Gasteiger partial charge is 0.257 e. The number of pyridine rings is 1. The van der Waals surface area contributed by atoms with Crippen LogP contribution in [0.1, 0.15) is 10.4 Å². The maximum absolute atomic E-state index is 12.5. The Kier molecular flexibility index (Phi) is 3.58. The second-order valence-corrected chi connectivity index (χ2v) is 5.39. The Bertz CT molecular complexity index is 833. The number of amides is 1. The quantitative estimate of drug-likeness (QED) is 0.744. The number of benzene rings is 2. The zero-order valence-corrected chi connectivity index (χ0v) is 12.6. The number of carbonyl (C=O) groups excluding carboxylic acids is 1. The van der Waals surface area contributed by atoms with Gasteiger partial charge >= 0.3 is 0 Å². The highest BCUT2D eigenvalue weighted by molar-refractivity contribution is 9.10. The molecule has 1 amide bonds. The van der Waals surface area contributed by atoms with Gasteiger partial charge in [-0.15, -0.1) is 0 Å². The summed E-state index contributed by atoms with van der Waals surface area (Å²) in [5.74, 6) is 0.202. The summed E-state index contributed by atoms with van der Waals surface area (Å²) in [4.78, 5) is 16.6. The van der Waals surface area contributed by atoms with Crippen molar-refractivity contribution < 1.29 is 4.79 Å². The summed E-state index contributed by atoms with van der Waals surface area (Å²) in [5.41, 5.74) is 7.06. The number of nitrogens with two attached hydrogens (primary N) is 1. The number of hydrogen-bond donors (Lipinski definition) is 2. The fourth-order valence-electron chi connectivity index (χ4n) is 2.15. The van der Waals surface area contributed by atoms with Crippen molar-refractivity contribution in [2.24, 2.45) is 0 Å². The standard InChI is InChI=1S/C16H12BrN3O/c17-13-7-3-4-8-14(13)20-16(21)12-9-19-15(18)11-6-2-1-5-10(11)12/h1-9H,(H2,18,19)(H,20,21). The molecule has 0 spiro atoms. The van der Waals surface area contributed by atoms with E-state index in [1.165, 1.54) is 6.20 Å². The van der Waals surface area contributed by atoms with Gasteiger partial charge < -0.3 is 11.1 Å². The largest absolute Gasteiger partial charge is 0.383 e. The van der Waals surface area contributed by atoms with Crippen LogP contribution in [0.25, 0.3) is 10.8 Å². The van der Waals surface area contributed by atoms with Gasteiger partial charge in [0.25, 0.3) is 5.91 Å². The fourth-order valence-corrected chi connectivity index (χ4v) is 2.53. The molecule has 0 saturated carbocycles. The number of fused-ring (bicyclic) bond motifs is 1. The van der Waals surface area contributed by atoms with E-state index in [1.54, 1.807) is 0 Å². The summed E-state index contributed by atoms with van der Waals surface area (Å²) in [6.45, 7) is 0. The van der Waals surface area contributed by atoms with Crippen LogP contribution in [0.15, 0.2) is 59.2 Å². The highest BCUT2D eigenvalue weighted by Gasteiger charge is 2.13. The summed E-state index contributed by atoms with van der Waals surface area (Å²) in [7, 11) is 0. The number of anilines is 2. The highest BCUT2D eigenvalue weighted by atomic mass is 79.9. The molecule has 0 bridgehead atoms. The van der Waals surface area contributed by atoms with Gasteiger partial charge in [0.05, 0.1) is 11.3 Å². The minimum absolute atomic E-state index is 0.217. The summed E-state index contributed by atoms with van der Waals surface area (Å²) >= 11 is 3.41. The molecule has 21 heavy (non-hydrogen) atoms. The van der Waals surface area contributed by atoms with Crippen LogP contribution in [0, 0.1) is 0 Å². The SMILES string of the molecule is Nc1ncc(C(=O)Nc2ccccc2Br)c2ccccc12. The van der Waals surface area contributed by atoms with E-state index in [0.717, 1.165) is 15.2 Å². The summed E-state index contributed by atoms with van der Waals surface area (Å²) in [6.07, 6.45) is 1.50. The molecule has 5 heteroatoms. The van der Waals surface area contributed by atoms with Crippen molar-refractivity contribution in [1.29, 1.82) is 0 Å². The van der Waals surface area contributed by atoms with Crippen molar-refractivity contribution >= 4 is 44.1 Å². The summed E-state index contributed by atoms with van der Waals surface area (Å²) in [5, 5.41) is 4.43. The number of halogens is 1. The first-order chi connectivity index (χ1) is 10.2. The van der Waals surface area contributed by atoms with Crippen LogP contribution in [0.4, 0.5) is 11.5 Å². The Balaban J connectivity index is 2.03. The Morgan fingerprint density at radius 1 is 1.05 bits per heavy atom. The number of carbonyl (C=O) groups is 1. The average molecular weight is 342 g/mol. The zero-order valence-electron chi connectivity index (χ0n) is 11.0. The molecule has 3 N–H and O–H groups in total. The second-order valence-electron chi connectivity index (χ2n) is 4.54. The maximum atomic E-state index is 12.5. The van der Waals surface area contributed by atoms with E-state index in [9.17, 15) is 4.79 Å². The molecule has 3 aromatic rings. The third-order valence-electron chi connectivity index (χ3n) is 3.19. The number of para-hydroxylation sites is 1. The van der Waals surface area contributed by atoms with Crippen LogP contribution in [0.2, 0.25) is 0 Å². The molecule has 0 atom stereocenters. The van der Waals surface area contributed by atoms with Gasteiger partial charge in [0.2, 0.25) is 0 Å². The predicted molar refractivity (Wildman–Crippen MR) is 88.3 cm³/mol. The number of hydrogen-bond acceptors (Lipinski definition) is 3. The van der Waals surface area contributed by atoms with Crippen molar-refractivity contribution in [3.8, 4) is 0 Å². The Labute approximate surface area is 130 Å². The fraction of sp³-hybridized carbons (Fsp3) is 0. The molecule has 4 nitrogen and oxygen atoms in total. The first-order valence-electron chi connectivity index (χ1n) is 6.36. The monoisotopic (exact) mass is 341 g/mol. The van der Waals surface area contributed by atoms with Crippen LogP contribution in [-0.4, -0.2) is 10.9 Å². The maximum Gasteiger partial charge on any atom is 0.257 e. The molecular formula is C16H12BrN3O. The molecule has 2 aromatic carbocycles. The average Bonchev–Trinajstić information content (AvgIpc) is 2.50. The van der Waals surface area contributed by atoms with E-state index in [0.29, 0.717) is 17.1 Å². The normalized spacial score (nSPS) is 10.5. The van der Waals surface area contributed by atoms with E-state index in [4.69, 9.17) is 5.73 Å². The van der Waals surface area contributed by atoms with Crippen LogP contribution < -0.4 is 11.1 Å². The van der Waals surface area contributed by atoms with Gasteiger partial charge in [0.15, 0.2) is 0 Å². The first kappa shape index (κ1) is 13.6. The van der Waals surface area contributed by atoms with Crippen LogP contribution in [0.5, 0.6) is 0 Å². The highest BCUT2D eigenvalue weighted by Crippen LogP contribution is 2.25. The first-order valence-corrected chi connectivity index (χ1v) is 7.15. The lowest BCUT2D eigenvalue weighted by Crippen LogP contribution is -2.13. The van der Waals surface area contributed by atoms with E-state index in [2.05, 4.69) is 26.2 Å². The topological polar surface area (TPSA) is 68.0 Å². The van der Waals surface area contributed by atoms with Gasteiger partial charge in [0, 0.05) is 16.1 Å². The Morgan fingerprint density at radius 2 is 1.71 bits per heavy atom. The lowest BCUT2D eigenvalue weighted by atomic mass is 10.1. The zero-order chi connectivity index (χ0) is 14.8. The lowest BCUT2D eigenvalue weighted by Gasteiger charge is -2.10. The molecule has 3 rings (SSSR count). The molecule has 0 aliphatic heterocycles. The van der Waals surface area contributed by atoms with Crippen LogP contribution in [-0.2, 0) is 0 Å². The molecule has 104 valence electrons. The molecule has 0 aliphatic carbocycles. The number of aromatic nitrogens is 1.